The smallest absolute Gasteiger partial charge is 0.322 e. The van der Waals surface area contributed by atoms with Crippen LogP contribution in [0.1, 0.15) is 12.2 Å². The molecule has 120 valence electrons. The highest BCUT2D eigenvalue weighted by molar-refractivity contribution is 6.33. The second-order valence-corrected chi connectivity index (χ2v) is 5.09. The van der Waals surface area contributed by atoms with Crippen LogP contribution >= 0.6 is 11.6 Å². The second-order valence-electron chi connectivity index (χ2n) is 4.68. The summed E-state index contributed by atoms with van der Waals surface area (Å²) < 4.78 is 10.3. The van der Waals surface area contributed by atoms with Crippen LogP contribution in [0.2, 0.25) is 5.02 Å². The van der Waals surface area contributed by atoms with Crippen molar-refractivity contribution in [3.63, 3.8) is 0 Å². The summed E-state index contributed by atoms with van der Waals surface area (Å²) in [5.74, 6) is 1.24. The number of urea groups is 1. The van der Waals surface area contributed by atoms with E-state index in [-0.39, 0.29) is 25.5 Å². The molecule has 23 heavy (non-hydrogen) atoms. The van der Waals surface area contributed by atoms with E-state index >= 15 is 0 Å². The zero-order valence-electron chi connectivity index (χ0n) is 12.6. The first kappa shape index (κ1) is 16.7. The zero-order chi connectivity index (χ0) is 16.7. The molecular formula is C16H16ClN3O3. The van der Waals surface area contributed by atoms with Gasteiger partial charge in [0.2, 0.25) is 0 Å². The van der Waals surface area contributed by atoms with E-state index in [1.165, 1.54) is 18.3 Å². The van der Waals surface area contributed by atoms with Gasteiger partial charge in [0, 0.05) is 12.6 Å². The lowest BCUT2D eigenvalue weighted by Crippen LogP contribution is -2.35. The first-order chi connectivity index (χ1) is 11.1. The fourth-order valence-electron chi connectivity index (χ4n) is 1.95. The minimum absolute atomic E-state index is 0.227. The number of rotatable bonds is 6. The Morgan fingerprint density at radius 1 is 1.48 bits per heavy atom. The van der Waals surface area contributed by atoms with Crippen LogP contribution in [0.3, 0.4) is 0 Å². The van der Waals surface area contributed by atoms with E-state index in [1.54, 1.807) is 30.3 Å². The van der Waals surface area contributed by atoms with Gasteiger partial charge >= 0.3 is 6.03 Å². The molecule has 1 aromatic carbocycles. The van der Waals surface area contributed by atoms with Crippen LogP contribution < -0.4 is 10.1 Å². The first-order valence-corrected chi connectivity index (χ1v) is 7.30. The second kappa shape index (κ2) is 8.11. The largest absolute Gasteiger partial charge is 0.497 e. The van der Waals surface area contributed by atoms with Crippen LogP contribution in [0.4, 0.5) is 10.5 Å². The molecule has 2 rings (SSSR count). The molecule has 0 saturated carbocycles. The molecule has 0 aliphatic heterocycles. The van der Waals surface area contributed by atoms with Gasteiger partial charge in [-0.1, -0.05) is 11.6 Å². The van der Waals surface area contributed by atoms with E-state index in [0.717, 1.165) is 0 Å². The van der Waals surface area contributed by atoms with Gasteiger partial charge in [0.15, 0.2) is 0 Å². The summed E-state index contributed by atoms with van der Waals surface area (Å²) in [6.07, 6.45) is 1.76. The first-order valence-electron chi connectivity index (χ1n) is 6.93. The van der Waals surface area contributed by atoms with Gasteiger partial charge in [0.1, 0.15) is 11.5 Å². The van der Waals surface area contributed by atoms with Crippen LogP contribution in [0.5, 0.6) is 5.75 Å². The molecule has 0 radical (unpaired) electrons. The number of methoxy groups -OCH3 is 1. The molecule has 0 spiro atoms. The molecule has 1 N–H and O–H groups in total. The number of hydrogen-bond donors (Lipinski definition) is 1. The Morgan fingerprint density at radius 2 is 2.30 bits per heavy atom. The van der Waals surface area contributed by atoms with Crippen LogP contribution in [0.25, 0.3) is 0 Å². The zero-order valence-corrected chi connectivity index (χ0v) is 13.3. The average molecular weight is 334 g/mol. The van der Waals surface area contributed by atoms with Crippen molar-refractivity contribution < 1.29 is 13.9 Å². The number of nitriles is 1. The Hall–Kier alpha value is -2.65. The van der Waals surface area contributed by atoms with Crippen molar-refractivity contribution in [1.82, 2.24) is 4.90 Å². The molecule has 0 aliphatic carbocycles. The van der Waals surface area contributed by atoms with Gasteiger partial charge in [-0.3, -0.25) is 0 Å². The topological polar surface area (TPSA) is 78.5 Å². The van der Waals surface area contributed by atoms with E-state index in [1.807, 2.05) is 6.07 Å². The third-order valence-corrected chi connectivity index (χ3v) is 3.44. The van der Waals surface area contributed by atoms with Gasteiger partial charge in [0.05, 0.1) is 43.1 Å². The lowest BCUT2D eigenvalue weighted by atomic mass is 10.3. The Bertz CT molecular complexity index is 695. The van der Waals surface area contributed by atoms with Crippen LogP contribution in [0, 0.1) is 11.3 Å². The number of ether oxygens (including phenoxy) is 1. The molecule has 1 aromatic heterocycles. The van der Waals surface area contributed by atoms with Crippen molar-refractivity contribution in [3.05, 3.63) is 47.4 Å². The summed E-state index contributed by atoms with van der Waals surface area (Å²) >= 11 is 6.12. The van der Waals surface area contributed by atoms with Crippen molar-refractivity contribution in [3.8, 4) is 11.8 Å². The lowest BCUT2D eigenvalue weighted by molar-refractivity contribution is 0.205. The fourth-order valence-corrected chi connectivity index (χ4v) is 2.16. The molecule has 2 amide bonds. The van der Waals surface area contributed by atoms with E-state index in [0.29, 0.717) is 22.2 Å². The average Bonchev–Trinajstić information content (AvgIpc) is 3.06. The van der Waals surface area contributed by atoms with Gasteiger partial charge in [-0.15, -0.1) is 0 Å². The molecule has 0 aliphatic rings. The Labute approximate surface area is 139 Å². The number of hydrogen-bond acceptors (Lipinski definition) is 4. The maximum atomic E-state index is 12.4. The molecule has 2 aromatic rings. The standard InChI is InChI=1S/C16H16ClN3O3/c1-22-12-5-6-15(14(17)10-12)19-16(21)20(8-3-7-18)11-13-4-2-9-23-13/h2,4-6,9-10H,3,8,11H2,1H3,(H,19,21). The van der Waals surface area contributed by atoms with Crippen molar-refractivity contribution in [2.24, 2.45) is 0 Å². The van der Waals surface area contributed by atoms with Crippen molar-refractivity contribution in [1.29, 1.82) is 5.26 Å². The number of furan rings is 1. The molecule has 0 fully saturated rings. The highest BCUT2D eigenvalue weighted by atomic mass is 35.5. The van der Waals surface area contributed by atoms with Crippen LogP contribution in [-0.4, -0.2) is 24.6 Å². The summed E-state index contributed by atoms with van der Waals surface area (Å²) in [7, 11) is 1.54. The van der Waals surface area contributed by atoms with E-state index < -0.39 is 0 Å². The molecule has 1 heterocycles. The Balaban J connectivity index is 2.09. The molecule has 0 saturated heterocycles. The van der Waals surface area contributed by atoms with Crippen molar-refractivity contribution >= 4 is 23.3 Å². The van der Waals surface area contributed by atoms with Gasteiger partial charge in [-0.2, -0.15) is 5.26 Å². The number of nitrogens with zero attached hydrogens (tertiary/aromatic N) is 2. The minimum Gasteiger partial charge on any atom is -0.497 e. The molecular weight excluding hydrogens is 318 g/mol. The van der Waals surface area contributed by atoms with Gasteiger partial charge in [-0.25, -0.2) is 4.79 Å². The number of nitrogens with one attached hydrogen (secondary N) is 1. The quantitative estimate of drug-likeness (QED) is 0.869. The predicted octanol–water partition coefficient (Wildman–Crippen LogP) is 3.89. The van der Waals surface area contributed by atoms with Crippen LogP contribution in [-0.2, 0) is 6.54 Å². The number of amides is 2. The van der Waals surface area contributed by atoms with Crippen molar-refractivity contribution in [2.75, 3.05) is 19.0 Å². The fraction of sp³-hybridized carbons (Fsp3) is 0.250. The number of anilines is 1. The molecule has 6 nitrogen and oxygen atoms in total. The molecule has 7 heteroatoms. The summed E-state index contributed by atoms with van der Waals surface area (Å²) in [5, 5.41) is 11.9. The summed E-state index contributed by atoms with van der Waals surface area (Å²) in [6.45, 7) is 0.561. The number of halogens is 1. The van der Waals surface area contributed by atoms with Gasteiger partial charge in [0.25, 0.3) is 0 Å². The van der Waals surface area contributed by atoms with E-state index in [9.17, 15) is 4.79 Å². The number of benzene rings is 1. The SMILES string of the molecule is COc1ccc(NC(=O)N(CCC#N)Cc2ccco2)c(Cl)c1. The monoisotopic (exact) mass is 333 g/mol. The van der Waals surface area contributed by atoms with Gasteiger partial charge in [-0.05, 0) is 24.3 Å². The maximum absolute atomic E-state index is 12.4. The molecule has 0 bridgehead atoms. The highest BCUT2D eigenvalue weighted by Crippen LogP contribution is 2.27. The summed E-state index contributed by atoms with van der Waals surface area (Å²) in [6, 6.07) is 10.2. The van der Waals surface area contributed by atoms with E-state index in [2.05, 4.69) is 5.32 Å². The summed E-state index contributed by atoms with van der Waals surface area (Å²) in [4.78, 5) is 13.9. The third-order valence-electron chi connectivity index (χ3n) is 3.13. The number of carbonyl (C=O) groups is 1. The molecule has 0 unspecified atom stereocenters. The Kier molecular flexibility index (Phi) is 5.89. The predicted molar refractivity (Wildman–Crippen MR) is 86.4 cm³/mol. The van der Waals surface area contributed by atoms with Crippen molar-refractivity contribution in [2.45, 2.75) is 13.0 Å². The number of carbonyl (C=O) groups excluding carboxylic acids is 1. The minimum atomic E-state index is -0.358. The van der Waals surface area contributed by atoms with E-state index in [4.69, 9.17) is 26.0 Å². The third kappa shape index (κ3) is 4.66. The normalized spacial score (nSPS) is 9.96. The lowest BCUT2D eigenvalue weighted by Gasteiger charge is -2.21. The Morgan fingerprint density at radius 3 is 2.91 bits per heavy atom. The highest BCUT2D eigenvalue weighted by Gasteiger charge is 2.16. The van der Waals surface area contributed by atoms with Crippen LogP contribution in [0.15, 0.2) is 41.0 Å². The maximum Gasteiger partial charge on any atom is 0.322 e. The molecule has 0 atom stereocenters. The van der Waals surface area contributed by atoms with Gasteiger partial charge < -0.3 is 19.4 Å². The summed E-state index contributed by atoms with van der Waals surface area (Å²) in [5.41, 5.74) is 0.471.